The predicted octanol–water partition coefficient (Wildman–Crippen LogP) is 3.12. The van der Waals surface area contributed by atoms with E-state index in [4.69, 9.17) is 0 Å². The Kier molecular flexibility index (Phi) is 6.82. The maximum atomic E-state index is 13.5. The summed E-state index contributed by atoms with van der Waals surface area (Å²) >= 11 is 0. The summed E-state index contributed by atoms with van der Waals surface area (Å²) in [7, 11) is 1.74. The van der Waals surface area contributed by atoms with Gasteiger partial charge in [0.2, 0.25) is 17.7 Å². The smallest absolute Gasteiger partial charge is 0.228 e. The molecule has 0 unspecified atom stereocenters. The van der Waals surface area contributed by atoms with Gasteiger partial charge >= 0.3 is 0 Å². The van der Waals surface area contributed by atoms with E-state index in [9.17, 15) is 14.4 Å². The van der Waals surface area contributed by atoms with Gasteiger partial charge in [-0.1, -0.05) is 54.6 Å². The van der Waals surface area contributed by atoms with Crippen molar-refractivity contribution in [3.63, 3.8) is 0 Å². The van der Waals surface area contributed by atoms with Gasteiger partial charge in [-0.05, 0) is 42.9 Å². The number of nitrogens with zero attached hydrogens (tertiary/aromatic N) is 2. The average Bonchev–Trinajstić information content (AvgIpc) is 3.18. The Balaban J connectivity index is 1.63. The van der Waals surface area contributed by atoms with Crippen LogP contribution >= 0.6 is 0 Å². The third-order valence-corrected chi connectivity index (χ3v) is 7.03. The number of piperidine rings is 1. The quantitative estimate of drug-likeness (QED) is 0.740. The van der Waals surface area contributed by atoms with Crippen LogP contribution in [-0.2, 0) is 20.8 Å². The van der Waals surface area contributed by atoms with Crippen molar-refractivity contribution in [3.8, 4) is 11.1 Å². The van der Waals surface area contributed by atoms with Gasteiger partial charge in [-0.15, -0.1) is 0 Å². The molecule has 1 N–H and O–H groups in total. The summed E-state index contributed by atoms with van der Waals surface area (Å²) in [6.45, 7) is 3.95. The molecule has 2 fully saturated rings. The van der Waals surface area contributed by atoms with Crippen molar-refractivity contribution >= 4 is 17.7 Å². The first-order valence-corrected chi connectivity index (χ1v) is 11.9. The number of likely N-dealkylation sites (tertiary alicyclic amines) is 2. The number of hydrogen-bond acceptors (Lipinski definition) is 3. The van der Waals surface area contributed by atoms with Gasteiger partial charge in [0, 0.05) is 39.6 Å². The van der Waals surface area contributed by atoms with Crippen molar-refractivity contribution in [2.24, 2.45) is 11.3 Å². The van der Waals surface area contributed by atoms with Crippen LogP contribution in [0.4, 0.5) is 0 Å². The summed E-state index contributed by atoms with van der Waals surface area (Å²) in [5.41, 5.74) is 2.66. The number of amides is 3. The van der Waals surface area contributed by atoms with Crippen LogP contribution in [0.15, 0.2) is 54.6 Å². The van der Waals surface area contributed by atoms with E-state index in [1.54, 1.807) is 11.9 Å². The van der Waals surface area contributed by atoms with Crippen molar-refractivity contribution in [2.75, 3.05) is 33.2 Å². The third kappa shape index (κ3) is 4.80. The molecule has 2 heterocycles. The minimum Gasteiger partial charge on any atom is -0.356 e. The summed E-state index contributed by atoms with van der Waals surface area (Å²) in [6.07, 6.45) is 2.33. The van der Waals surface area contributed by atoms with Crippen LogP contribution in [0.25, 0.3) is 11.1 Å². The molecule has 2 aliphatic heterocycles. The highest BCUT2D eigenvalue weighted by molar-refractivity contribution is 5.90. The van der Waals surface area contributed by atoms with E-state index < -0.39 is 5.41 Å². The van der Waals surface area contributed by atoms with E-state index in [2.05, 4.69) is 29.6 Å². The highest BCUT2D eigenvalue weighted by Gasteiger charge is 2.45. The molecule has 0 aliphatic carbocycles. The topological polar surface area (TPSA) is 69.7 Å². The zero-order valence-electron chi connectivity index (χ0n) is 19.5. The second-order valence-corrected chi connectivity index (χ2v) is 9.38. The van der Waals surface area contributed by atoms with Gasteiger partial charge in [-0.25, -0.2) is 0 Å². The van der Waals surface area contributed by atoms with Crippen LogP contribution in [0.5, 0.6) is 0 Å². The van der Waals surface area contributed by atoms with Gasteiger partial charge in [0.1, 0.15) is 0 Å². The van der Waals surface area contributed by atoms with Crippen LogP contribution in [0, 0.1) is 11.3 Å². The SMILES string of the molecule is CCNC(=O)[C@@]1(Cc2ccccc2-c2ccccc2)CCCN(C(=O)[C@@H]2CC(=O)N(C)C2)C1. The fourth-order valence-electron chi connectivity index (χ4n) is 5.30. The molecule has 2 aliphatic rings. The fourth-order valence-corrected chi connectivity index (χ4v) is 5.30. The van der Waals surface area contributed by atoms with E-state index in [1.807, 2.05) is 42.2 Å². The molecule has 2 aromatic rings. The molecule has 4 rings (SSSR count). The van der Waals surface area contributed by atoms with E-state index in [0.717, 1.165) is 29.5 Å². The second-order valence-electron chi connectivity index (χ2n) is 9.38. The minimum absolute atomic E-state index is 0.00239. The molecule has 2 aromatic carbocycles. The van der Waals surface area contributed by atoms with Gasteiger partial charge in [0.25, 0.3) is 0 Å². The first kappa shape index (κ1) is 23.0. The van der Waals surface area contributed by atoms with Gasteiger partial charge in [0.05, 0.1) is 11.3 Å². The Hall–Kier alpha value is -3.15. The van der Waals surface area contributed by atoms with Crippen molar-refractivity contribution < 1.29 is 14.4 Å². The molecule has 0 spiro atoms. The first-order valence-electron chi connectivity index (χ1n) is 11.9. The molecule has 3 amide bonds. The Bertz CT molecular complexity index is 1020. The first-order chi connectivity index (χ1) is 15.9. The Morgan fingerprint density at radius 3 is 2.52 bits per heavy atom. The lowest BCUT2D eigenvalue weighted by molar-refractivity contribution is -0.144. The standard InChI is InChI=1S/C27H33N3O3/c1-3-28-26(33)27(17-21-12-7-8-13-23(21)20-10-5-4-6-11-20)14-9-15-30(19-27)25(32)22-16-24(31)29(2)18-22/h4-8,10-13,22H,3,9,14-19H2,1-2H3,(H,28,33)/t22-,27-/m1/s1. The molecule has 6 heteroatoms. The summed E-state index contributed by atoms with van der Waals surface area (Å²) < 4.78 is 0. The Morgan fingerprint density at radius 1 is 1.09 bits per heavy atom. The number of nitrogens with one attached hydrogen (secondary N) is 1. The lowest BCUT2D eigenvalue weighted by Gasteiger charge is -2.42. The van der Waals surface area contributed by atoms with E-state index >= 15 is 0 Å². The second kappa shape index (κ2) is 9.77. The molecule has 2 atom stereocenters. The molecule has 6 nitrogen and oxygen atoms in total. The van der Waals surface area contributed by atoms with Gasteiger partial charge < -0.3 is 15.1 Å². The maximum absolute atomic E-state index is 13.5. The number of hydrogen-bond donors (Lipinski definition) is 1. The van der Waals surface area contributed by atoms with E-state index in [0.29, 0.717) is 32.6 Å². The number of rotatable bonds is 6. The molecule has 174 valence electrons. The molecule has 33 heavy (non-hydrogen) atoms. The summed E-state index contributed by atoms with van der Waals surface area (Å²) in [5, 5.41) is 3.04. The lowest BCUT2D eigenvalue weighted by Crippen LogP contribution is -2.55. The zero-order chi connectivity index (χ0) is 23.4. The Labute approximate surface area is 196 Å². The molecule has 0 aromatic heterocycles. The maximum Gasteiger partial charge on any atom is 0.228 e. The fraction of sp³-hybridized carbons (Fsp3) is 0.444. The lowest BCUT2D eigenvalue weighted by atomic mass is 9.73. The Morgan fingerprint density at radius 2 is 1.82 bits per heavy atom. The predicted molar refractivity (Wildman–Crippen MR) is 128 cm³/mol. The van der Waals surface area contributed by atoms with Crippen molar-refractivity contribution in [2.45, 2.75) is 32.6 Å². The van der Waals surface area contributed by atoms with Crippen molar-refractivity contribution in [1.29, 1.82) is 0 Å². The van der Waals surface area contributed by atoms with Crippen LogP contribution in [0.3, 0.4) is 0 Å². The molecular formula is C27H33N3O3. The number of carbonyl (C=O) groups is 3. The molecular weight excluding hydrogens is 414 g/mol. The van der Waals surface area contributed by atoms with Gasteiger partial charge in [0.15, 0.2) is 0 Å². The summed E-state index contributed by atoms with van der Waals surface area (Å²) in [4.78, 5) is 42.2. The normalized spacial score (nSPS) is 23.0. The average molecular weight is 448 g/mol. The monoisotopic (exact) mass is 447 g/mol. The van der Waals surface area contributed by atoms with Gasteiger partial charge in [-0.3, -0.25) is 14.4 Å². The highest BCUT2D eigenvalue weighted by Crippen LogP contribution is 2.38. The number of carbonyl (C=O) groups excluding carboxylic acids is 3. The van der Waals surface area contributed by atoms with Crippen LogP contribution in [-0.4, -0.2) is 60.7 Å². The molecule has 0 saturated carbocycles. The van der Waals surface area contributed by atoms with Crippen LogP contribution in [0.1, 0.15) is 31.7 Å². The van der Waals surface area contributed by atoms with Crippen LogP contribution < -0.4 is 5.32 Å². The molecule has 2 saturated heterocycles. The zero-order valence-corrected chi connectivity index (χ0v) is 19.5. The largest absolute Gasteiger partial charge is 0.356 e. The van der Waals surface area contributed by atoms with Crippen molar-refractivity contribution in [1.82, 2.24) is 15.1 Å². The minimum atomic E-state index is -0.691. The summed E-state index contributed by atoms with van der Waals surface area (Å²) in [6, 6.07) is 18.4. The third-order valence-electron chi connectivity index (χ3n) is 7.03. The van der Waals surface area contributed by atoms with Crippen molar-refractivity contribution in [3.05, 3.63) is 60.2 Å². The molecule has 0 bridgehead atoms. The molecule has 0 radical (unpaired) electrons. The van der Waals surface area contributed by atoms with E-state index in [-0.39, 0.29) is 30.1 Å². The van der Waals surface area contributed by atoms with Crippen LogP contribution in [0.2, 0.25) is 0 Å². The summed E-state index contributed by atoms with van der Waals surface area (Å²) in [5.74, 6) is -0.302. The number of benzene rings is 2. The highest BCUT2D eigenvalue weighted by atomic mass is 16.2. The van der Waals surface area contributed by atoms with E-state index in [1.165, 1.54) is 0 Å². The van der Waals surface area contributed by atoms with Gasteiger partial charge in [-0.2, -0.15) is 0 Å².